The molecule has 0 aliphatic rings. The highest BCUT2D eigenvalue weighted by Crippen LogP contribution is 2.19. The molecule has 0 radical (unpaired) electrons. The fourth-order valence-electron chi connectivity index (χ4n) is 0.989. The van der Waals surface area contributed by atoms with E-state index in [-0.39, 0.29) is 11.3 Å². The van der Waals surface area contributed by atoms with E-state index >= 15 is 0 Å². The Morgan fingerprint density at radius 2 is 2.24 bits per heavy atom. The van der Waals surface area contributed by atoms with E-state index in [0.29, 0.717) is 0 Å². The Kier molecular flexibility index (Phi) is 4.32. The second-order valence-corrected chi connectivity index (χ2v) is 2.79. The molecule has 0 atom stereocenters. The number of nitrogens with one attached hydrogen (secondary N) is 1. The third-order valence-corrected chi connectivity index (χ3v) is 1.57. The number of carbonyl (C=O) groups excluding carboxylic acids is 1. The molecule has 0 spiro atoms. The van der Waals surface area contributed by atoms with Gasteiger partial charge in [0.05, 0.1) is 6.21 Å². The zero-order valence-electron chi connectivity index (χ0n) is 8.36. The summed E-state index contributed by atoms with van der Waals surface area (Å²) in [5, 5.41) is 3.31. The minimum atomic E-state index is -3.04. The quantitative estimate of drug-likeness (QED) is 0.623. The van der Waals surface area contributed by atoms with E-state index in [2.05, 4.69) is 9.84 Å². The molecule has 8 heteroatoms. The molecule has 0 saturated heterocycles. The predicted molar refractivity (Wildman–Crippen MR) is 53.3 cm³/mol. The Labute approximate surface area is 94.1 Å². The number of primary amides is 1. The zero-order chi connectivity index (χ0) is 12.8. The summed E-state index contributed by atoms with van der Waals surface area (Å²) in [5.74, 6) is -0.927. The first-order chi connectivity index (χ1) is 7.99. The lowest BCUT2D eigenvalue weighted by molar-refractivity contribution is -0.0499. The minimum absolute atomic E-state index is 0.0564. The first kappa shape index (κ1) is 12.8. The van der Waals surface area contributed by atoms with Gasteiger partial charge in [0.1, 0.15) is 11.6 Å². The van der Waals surface area contributed by atoms with Gasteiger partial charge in [0.15, 0.2) is 0 Å². The summed E-state index contributed by atoms with van der Waals surface area (Å²) < 4.78 is 41.0. The first-order valence-electron chi connectivity index (χ1n) is 4.32. The standard InChI is InChI=1S/C9H8F3N3O2/c10-6-1-2-7(17-8(11)12)5(3-6)4-14-15-9(13)16/h1-4,8H,(H3,13,15,16). The first-order valence-corrected chi connectivity index (χ1v) is 4.32. The number of hydrogen-bond acceptors (Lipinski definition) is 3. The number of hydrazone groups is 1. The van der Waals surface area contributed by atoms with Crippen molar-refractivity contribution in [2.75, 3.05) is 0 Å². The Balaban J connectivity index is 2.90. The van der Waals surface area contributed by atoms with Gasteiger partial charge in [0.2, 0.25) is 0 Å². The maximum atomic E-state index is 12.9. The number of carbonyl (C=O) groups is 1. The van der Waals surface area contributed by atoms with Gasteiger partial charge in [-0.05, 0) is 18.2 Å². The monoisotopic (exact) mass is 247 g/mol. The highest BCUT2D eigenvalue weighted by Gasteiger charge is 2.09. The summed E-state index contributed by atoms with van der Waals surface area (Å²) in [6.45, 7) is -3.04. The van der Waals surface area contributed by atoms with Crippen LogP contribution in [0.1, 0.15) is 5.56 Å². The Morgan fingerprint density at radius 1 is 1.53 bits per heavy atom. The van der Waals surface area contributed by atoms with Crippen LogP contribution in [0.3, 0.4) is 0 Å². The van der Waals surface area contributed by atoms with Gasteiger partial charge >= 0.3 is 12.6 Å². The second kappa shape index (κ2) is 5.73. The number of halogens is 3. The Bertz CT molecular complexity index is 437. The van der Waals surface area contributed by atoms with Crippen molar-refractivity contribution in [3.8, 4) is 5.75 Å². The van der Waals surface area contributed by atoms with E-state index in [1.807, 2.05) is 5.43 Å². The summed E-state index contributed by atoms with van der Waals surface area (Å²) in [7, 11) is 0. The number of nitrogens with zero attached hydrogens (tertiary/aromatic N) is 1. The van der Waals surface area contributed by atoms with Crippen molar-refractivity contribution in [1.82, 2.24) is 5.43 Å². The molecular formula is C9H8F3N3O2. The lowest BCUT2D eigenvalue weighted by Crippen LogP contribution is -2.24. The molecule has 0 saturated carbocycles. The third kappa shape index (κ3) is 4.41. The molecule has 92 valence electrons. The number of amides is 2. The second-order valence-electron chi connectivity index (χ2n) is 2.79. The Morgan fingerprint density at radius 3 is 2.82 bits per heavy atom. The summed E-state index contributed by atoms with van der Waals surface area (Å²) in [6.07, 6.45) is 0.936. The van der Waals surface area contributed by atoms with Crippen molar-refractivity contribution < 1.29 is 22.7 Å². The molecule has 1 aromatic carbocycles. The van der Waals surface area contributed by atoms with Gasteiger partial charge in [-0.2, -0.15) is 13.9 Å². The fraction of sp³-hybridized carbons (Fsp3) is 0.111. The van der Waals surface area contributed by atoms with Crippen LogP contribution in [-0.4, -0.2) is 18.9 Å². The maximum absolute atomic E-state index is 12.9. The van der Waals surface area contributed by atoms with Crippen LogP contribution in [-0.2, 0) is 0 Å². The van der Waals surface area contributed by atoms with Crippen molar-refractivity contribution in [2.24, 2.45) is 10.8 Å². The van der Waals surface area contributed by atoms with Crippen LogP contribution >= 0.6 is 0 Å². The smallest absolute Gasteiger partial charge is 0.387 e. The van der Waals surface area contributed by atoms with Gasteiger partial charge < -0.3 is 10.5 Å². The molecule has 1 rings (SSSR count). The largest absolute Gasteiger partial charge is 0.434 e. The molecule has 0 aliphatic carbocycles. The average Bonchev–Trinajstić information content (AvgIpc) is 2.21. The molecule has 0 heterocycles. The van der Waals surface area contributed by atoms with Crippen molar-refractivity contribution in [1.29, 1.82) is 0 Å². The zero-order valence-corrected chi connectivity index (χ0v) is 8.36. The Hall–Kier alpha value is -2.25. The summed E-state index contributed by atoms with van der Waals surface area (Å²) in [6, 6.07) is 1.96. The highest BCUT2D eigenvalue weighted by atomic mass is 19.3. The number of rotatable bonds is 4. The van der Waals surface area contributed by atoms with Crippen molar-refractivity contribution >= 4 is 12.2 Å². The summed E-state index contributed by atoms with van der Waals surface area (Å²) in [5.41, 5.74) is 6.50. The van der Waals surface area contributed by atoms with Gasteiger partial charge in [0, 0.05) is 5.56 Å². The van der Waals surface area contributed by atoms with Crippen molar-refractivity contribution in [2.45, 2.75) is 6.61 Å². The molecule has 1 aromatic rings. The van der Waals surface area contributed by atoms with Gasteiger partial charge in [-0.25, -0.2) is 14.6 Å². The van der Waals surface area contributed by atoms with E-state index in [4.69, 9.17) is 5.73 Å². The van der Waals surface area contributed by atoms with Crippen LogP contribution in [0.25, 0.3) is 0 Å². The molecule has 0 aromatic heterocycles. The van der Waals surface area contributed by atoms with Crippen LogP contribution < -0.4 is 15.9 Å². The van der Waals surface area contributed by atoms with Crippen LogP contribution in [0.2, 0.25) is 0 Å². The van der Waals surface area contributed by atoms with Crippen LogP contribution in [0, 0.1) is 5.82 Å². The SMILES string of the molecule is NC(=O)NN=Cc1cc(F)ccc1OC(F)F. The number of urea groups is 1. The number of benzene rings is 1. The van der Waals surface area contributed by atoms with Gasteiger partial charge in [-0.15, -0.1) is 0 Å². The number of ether oxygens (including phenoxy) is 1. The molecule has 0 fully saturated rings. The lowest BCUT2D eigenvalue weighted by Gasteiger charge is -2.07. The van der Waals surface area contributed by atoms with E-state index < -0.39 is 18.5 Å². The van der Waals surface area contributed by atoms with Gasteiger partial charge in [0.25, 0.3) is 0 Å². The number of nitrogens with two attached hydrogens (primary N) is 1. The molecule has 17 heavy (non-hydrogen) atoms. The molecule has 0 bridgehead atoms. The molecule has 2 amide bonds. The van der Waals surface area contributed by atoms with Crippen molar-refractivity contribution in [3.05, 3.63) is 29.6 Å². The highest BCUT2D eigenvalue weighted by molar-refractivity contribution is 5.84. The minimum Gasteiger partial charge on any atom is -0.434 e. The topological polar surface area (TPSA) is 76.7 Å². The molecule has 0 aliphatic heterocycles. The summed E-state index contributed by atoms with van der Waals surface area (Å²) in [4.78, 5) is 10.3. The summed E-state index contributed by atoms with van der Waals surface area (Å²) >= 11 is 0. The van der Waals surface area contributed by atoms with E-state index in [1.54, 1.807) is 0 Å². The molecule has 3 N–H and O–H groups in total. The van der Waals surface area contributed by atoms with E-state index in [1.165, 1.54) is 0 Å². The van der Waals surface area contributed by atoms with E-state index in [0.717, 1.165) is 24.4 Å². The van der Waals surface area contributed by atoms with Crippen LogP contribution in [0.5, 0.6) is 5.75 Å². The number of alkyl halides is 2. The maximum Gasteiger partial charge on any atom is 0.387 e. The third-order valence-electron chi connectivity index (χ3n) is 1.57. The number of hydrogen-bond donors (Lipinski definition) is 2. The van der Waals surface area contributed by atoms with Crippen molar-refractivity contribution in [3.63, 3.8) is 0 Å². The molecule has 0 unspecified atom stereocenters. The lowest BCUT2D eigenvalue weighted by atomic mass is 10.2. The molecule has 5 nitrogen and oxygen atoms in total. The van der Waals surface area contributed by atoms with E-state index in [9.17, 15) is 18.0 Å². The van der Waals surface area contributed by atoms with Crippen LogP contribution in [0.15, 0.2) is 23.3 Å². The molecular weight excluding hydrogens is 239 g/mol. The average molecular weight is 247 g/mol. The normalized spacial score (nSPS) is 10.8. The van der Waals surface area contributed by atoms with Crippen LogP contribution in [0.4, 0.5) is 18.0 Å². The van der Waals surface area contributed by atoms with Gasteiger partial charge in [-0.1, -0.05) is 0 Å². The predicted octanol–water partition coefficient (Wildman–Crippen LogP) is 1.43. The fourth-order valence-corrected chi connectivity index (χ4v) is 0.989. The van der Waals surface area contributed by atoms with Gasteiger partial charge in [-0.3, -0.25) is 0 Å².